The maximum atomic E-state index is 11.0. The Labute approximate surface area is 97.2 Å². The Morgan fingerprint density at radius 3 is 2.50 bits per heavy atom. The van der Waals surface area contributed by atoms with Gasteiger partial charge in [-0.25, -0.2) is 4.79 Å². The summed E-state index contributed by atoms with van der Waals surface area (Å²) in [7, 11) is 0. The highest BCUT2D eigenvalue weighted by Crippen LogP contribution is 2.18. The summed E-state index contributed by atoms with van der Waals surface area (Å²) in [5.74, 6) is -0.399. The smallest absolute Gasteiger partial charge is 0.333 e. The van der Waals surface area contributed by atoms with Gasteiger partial charge >= 0.3 is 5.97 Å². The van der Waals surface area contributed by atoms with Gasteiger partial charge in [-0.1, -0.05) is 13.5 Å². The molecule has 0 aromatic heterocycles. The van der Waals surface area contributed by atoms with Crippen LogP contribution in [0.4, 0.5) is 0 Å². The first-order valence-corrected chi connectivity index (χ1v) is 5.52. The van der Waals surface area contributed by atoms with Gasteiger partial charge in [-0.3, -0.25) is 0 Å². The van der Waals surface area contributed by atoms with Crippen LogP contribution in [0, 0.1) is 0 Å². The van der Waals surface area contributed by atoms with E-state index in [1.807, 2.05) is 13.8 Å². The van der Waals surface area contributed by atoms with Crippen LogP contribution in [-0.4, -0.2) is 36.5 Å². The van der Waals surface area contributed by atoms with Crippen LogP contribution in [-0.2, 0) is 14.3 Å². The van der Waals surface area contributed by atoms with Crippen LogP contribution in [0.15, 0.2) is 12.2 Å². The Balaban J connectivity index is 3.79. The lowest BCUT2D eigenvalue weighted by atomic mass is 9.99. The Morgan fingerprint density at radius 1 is 1.44 bits per heavy atom. The van der Waals surface area contributed by atoms with E-state index in [9.17, 15) is 4.79 Å². The number of carbonyl (C=O) groups excluding carboxylic acids is 1. The molecule has 0 aliphatic carbocycles. The summed E-state index contributed by atoms with van der Waals surface area (Å²) >= 11 is 0. The fraction of sp³-hybridized carbons (Fsp3) is 0.750. The molecule has 0 aromatic carbocycles. The molecule has 4 heteroatoms. The minimum atomic E-state index is -0.399. The molecule has 1 unspecified atom stereocenters. The summed E-state index contributed by atoms with van der Waals surface area (Å²) in [4.78, 5) is 11.0. The zero-order chi connectivity index (χ0) is 12.6. The highest BCUT2D eigenvalue weighted by atomic mass is 16.6. The predicted molar refractivity (Wildman–Crippen MR) is 62.1 cm³/mol. The largest absolute Gasteiger partial charge is 0.460 e. The lowest BCUT2D eigenvalue weighted by molar-refractivity contribution is -0.143. The van der Waals surface area contributed by atoms with E-state index in [1.165, 1.54) is 0 Å². The van der Waals surface area contributed by atoms with Gasteiger partial charge in [0.1, 0.15) is 6.61 Å². The van der Waals surface area contributed by atoms with Gasteiger partial charge in [-0.05, 0) is 26.7 Å². The maximum Gasteiger partial charge on any atom is 0.333 e. The topological polar surface area (TPSA) is 55.8 Å². The summed E-state index contributed by atoms with van der Waals surface area (Å²) in [5.41, 5.74) is 0.0401. The van der Waals surface area contributed by atoms with Crippen molar-refractivity contribution in [2.24, 2.45) is 0 Å². The fourth-order valence-electron chi connectivity index (χ4n) is 1.13. The molecule has 0 radical (unpaired) electrons. The molecule has 0 aromatic rings. The van der Waals surface area contributed by atoms with E-state index in [4.69, 9.17) is 14.6 Å². The van der Waals surface area contributed by atoms with Gasteiger partial charge in [0.25, 0.3) is 0 Å². The Morgan fingerprint density at radius 2 is 2.06 bits per heavy atom. The number of hydrogen-bond acceptors (Lipinski definition) is 4. The average Bonchev–Trinajstić information content (AvgIpc) is 2.24. The van der Waals surface area contributed by atoms with Gasteiger partial charge in [0.15, 0.2) is 0 Å². The van der Waals surface area contributed by atoms with E-state index in [1.54, 1.807) is 6.92 Å². The lowest BCUT2D eigenvalue weighted by Crippen LogP contribution is -2.31. The van der Waals surface area contributed by atoms with Crippen molar-refractivity contribution in [3.63, 3.8) is 0 Å². The fourth-order valence-corrected chi connectivity index (χ4v) is 1.13. The van der Waals surface area contributed by atoms with Crippen molar-refractivity contribution in [2.75, 3.05) is 19.8 Å². The van der Waals surface area contributed by atoms with E-state index < -0.39 is 5.97 Å². The molecule has 0 saturated carbocycles. The molecule has 94 valence electrons. The van der Waals surface area contributed by atoms with Crippen molar-refractivity contribution in [3.05, 3.63) is 12.2 Å². The van der Waals surface area contributed by atoms with E-state index in [-0.39, 0.29) is 18.8 Å². The molecular formula is C12H22O4. The first-order valence-electron chi connectivity index (χ1n) is 5.52. The van der Waals surface area contributed by atoms with Gasteiger partial charge in [-0.2, -0.15) is 0 Å². The van der Waals surface area contributed by atoms with Crippen LogP contribution in [0.3, 0.4) is 0 Å². The second-order valence-electron chi connectivity index (χ2n) is 4.04. The molecule has 16 heavy (non-hydrogen) atoms. The molecule has 0 heterocycles. The quantitative estimate of drug-likeness (QED) is 0.391. The summed E-state index contributed by atoms with van der Waals surface area (Å²) in [6.07, 6.45) is 1.39. The van der Waals surface area contributed by atoms with Gasteiger partial charge in [0, 0.05) is 12.2 Å². The molecule has 0 aliphatic rings. The molecule has 1 atom stereocenters. The molecule has 0 bridgehead atoms. The third-order valence-corrected chi connectivity index (χ3v) is 2.50. The van der Waals surface area contributed by atoms with Crippen LogP contribution >= 0.6 is 0 Å². The summed E-state index contributed by atoms with van der Waals surface area (Å²) in [5, 5.41) is 8.87. The van der Waals surface area contributed by atoms with E-state index in [0.717, 1.165) is 6.42 Å². The number of carbonyl (C=O) groups is 1. The summed E-state index contributed by atoms with van der Waals surface area (Å²) in [6, 6.07) is 0. The summed E-state index contributed by atoms with van der Waals surface area (Å²) in [6.45, 7) is 9.66. The number of rotatable bonds is 8. The van der Waals surface area contributed by atoms with Crippen LogP contribution < -0.4 is 0 Å². The number of hydrogen-bond donors (Lipinski definition) is 1. The number of aliphatic hydroxyl groups is 1. The van der Waals surface area contributed by atoms with Crippen molar-refractivity contribution >= 4 is 5.97 Å². The molecular weight excluding hydrogens is 208 g/mol. The summed E-state index contributed by atoms with van der Waals surface area (Å²) < 4.78 is 10.5. The Hall–Kier alpha value is -0.870. The molecule has 0 saturated heterocycles. The van der Waals surface area contributed by atoms with Crippen LogP contribution in [0.1, 0.15) is 33.6 Å². The van der Waals surface area contributed by atoms with Gasteiger partial charge in [0.2, 0.25) is 0 Å². The standard InChI is InChI=1S/C12H22O4/c1-5-12(4,6-7-13)16-9-8-15-11(14)10(2)3/h13H,2,5-9H2,1,3-4H3. The van der Waals surface area contributed by atoms with Crippen molar-refractivity contribution in [1.29, 1.82) is 0 Å². The maximum absolute atomic E-state index is 11.0. The van der Waals surface area contributed by atoms with E-state index >= 15 is 0 Å². The Bertz CT molecular complexity index is 237. The number of ether oxygens (including phenoxy) is 2. The first kappa shape index (κ1) is 15.1. The van der Waals surface area contributed by atoms with Gasteiger partial charge < -0.3 is 14.6 Å². The lowest BCUT2D eigenvalue weighted by Gasteiger charge is -2.27. The monoisotopic (exact) mass is 230 g/mol. The second kappa shape index (κ2) is 7.41. The van der Waals surface area contributed by atoms with Gasteiger partial charge in [0.05, 0.1) is 12.2 Å². The van der Waals surface area contributed by atoms with Crippen LogP contribution in [0.25, 0.3) is 0 Å². The second-order valence-corrected chi connectivity index (χ2v) is 4.04. The van der Waals surface area contributed by atoms with Crippen LogP contribution in [0.5, 0.6) is 0 Å². The highest BCUT2D eigenvalue weighted by Gasteiger charge is 2.21. The zero-order valence-electron chi connectivity index (χ0n) is 10.4. The predicted octanol–water partition coefficient (Wildman–Crippen LogP) is 1.67. The van der Waals surface area contributed by atoms with Gasteiger partial charge in [-0.15, -0.1) is 0 Å². The van der Waals surface area contributed by atoms with E-state index in [0.29, 0.717) is 18.6 Å². The molecule has 0 spiro atoms. The van der Waals surface area contributed by atoms with Crippen LogP contribution in [0.2, 0.25) is 0 Å². The average molecular weight is 230 g/mol. The molecule has 0 rings (SSSR count). The third-order valence-electron chi connectivity index (χ3n) is 2.50. The first-order chi connectivity index (χ1) is 7.45. The molecule has 0 amide bonds. The van der Waals surface area contributed by atoms with Crippen molar-refractivity contribution in [1.82, 2.24) is 0 Å². The van der Waals surface area contributed by atoms with Crippen molar-refractivity contribution < 1.29 is 19.4 Å². The van der Waals surface area contributed by atoms with E-state index in [2.05, 4.69) is 6.58 Å². The number of esters is 1. The van der Waals surface area contributed by atoms with Crippen molar-refractivity contribution in [2.45, 2.75) is 39.2 Å². The number of aliphatic hydroxyl groups excluding tert-OH is 1. The normalized spacial score (nSPS) is 14.2. The molecule has 0 aliphatic heterocycles. The highest BCUT2D eigenvalue weighted by molar-refractivity contribution is 5.86. The third kappa shape index (κ3) is 5.88. The minimum Gasteiger partial charge on any atom is -0.460 e. The zero-order valence-corrected chi connectivity index (χ0v) is 10.4. The molecule has 4 nitrogen and oxygen atoms in total. The molecule has 1 N–H and O–H groups in total. The SMILES string of the molecule is C=C(C)C(=O)OCCOC(C)(CC)CCO. The minimum absolute atomic E-state index is 0.0931. The molecule has 0 fully saturated rings. The van der Waals surface area contributed by atoms with Crippen molar-refractivity contribution in [3.8, 4) is 0 Å². The Kier molecular flexibility index (Phi) is 7.01.